The summed E-state index contributed by atoms with van der Waals surface area (Å²) < 4.78 is 1.71. The van der Waals surface area contributed by atoms with Crippen molar-refractivity contribution in [3.05, 3.63) is 54.6 Å². The number of nitrogen functional groups attached to an aromatic ring is 1. The van der Waals surface area contributed by atoms with E-state index in [0.29, 0.717) is 5.82 Å². The Kier molecular flexibility index (Phi) is 2.72. The van der Waals surface area contributed by atoms with Crippen molar-refractivity contribution < 1.29 is 0 Å². The SMILES string of the molecule is Cc1cncc(-n2cnc(-c3ccc(N)cc3)n2)c1. The fraction of sp³-hybridized carbons (Fsp3) is 0.0714. The molecule has 3 rings (SSSR count). The van der Waals surface area contributed by atoms with Crippen LogP contribution >= 0.6 is 0 Å². The Morgan fingerprint density at radius 2 is 1.89 bits per heavy atom. The van der Waals surface area contributed by atoms with E-state index in [1.165, 1.54) is 0 Å². The van der Waals surface area contributed by atoms with E-state index in [2.05, 4.69) is 15.1 Å². The first-order valence-electron chi connectivity index (χ1n) is 5.92. The third kappa shape index (κ3) is 2.30. The normalized spacial score (nSPS) is 10.6. The molecule has 0 atom stereocenters. The standard InChI is InChI=1S/C14H13N5/c1-10-6-13(8-16-7-10)19-9-17-14(18-19)11-2-4-12(15)5-3-11/h2-9H,15H2,1H3. The van der Waals surface area contributed by atoms with Gasteiger partial charge in [-0.15, -0.1) is 5.10 Å². The fourth-order valence-electron chi connectivity index (χ4n) is 1.82. The maximum atomic E-state index is 5.66. The zero-order valence-corrected chi connectivity index (χ0v) is 10.5. The molecule has 0 unspecified atom stereocenters. The zero-order valence-electron chi connectivity index (χ0n) is 10.5. The predicted molar refractivity (Wildman–Crippen MR) is 73.7 cm³/mol. The van der Waals surface area contributed by atoms with Gasteiger partial charge in [0.1, 0.15) is 6.33 Å². The fourth-order valence-corrected chi connectivity index (χ4v) is 1.82. The lowest BCUT2D eigenvalue weighted by molar-refractivity contribution is 0.873. The summed E-state index contributed by atoms with van der Waals surface area (Å²) in [5.74, 6) is 0.668. The van der Waals surface area contributed by atoms with Crippen molar-refractivity contribution in [2.45, 2.75) is 6.92 Å². The highest BCUT2D eigenvalue weighted by atomic mass is 15.3. The lowest BCUT2D eigenvalue weighted by Crippen LogP contribution is -1.96. The van der Waals surface area contributed by atoms with Crippen LogP contribution in [0.3, 0.4) is 0 Å². The highest BCUT2D eigenvalue weighted by Gasteiger charge is 2.05. The predicted octanol–water partition coefficient (Wildman–Crippen LogP) is 2.22. The number of aromatic nitrogens is 4. The van der Waals surface area contributed by atoms with Gasteiger partial charge in [0.05, 0.1) is 11.9 Å². The molecule has 5 nitrogen and oxygen atoms in total. The molecule has 0 saturated carbocycles. The van der Waals surface area contributed by atoms with Crippen LogP contribution in [0.4, 0.5) is 5.69 Å². The number of hydrogen-bond donors (Lipinski definition) is 1. The van der Waals surface area contributed by atoms with Crippen molar-refractivity contribution in [1.82, 2.24) is 19.7 Å². The lowest BCUT2D eigenvalue weighted by atomic mass is 10.2. The summed E-state index contributed by atoms with van der Waals surface area (Å²) in [6.45, 7) is 1.99. The number of rotatable bonds is 2. The first-order chi connectivity index (χ1) is 9.22. The van der Waals surface area contributed by atoms with Crippen molar-refractivity contribution in [3.8, 4) is 17.1 Å². The second kappa shape index (κ2) is 4.53. The molecule has 2 aromatic heterocycles. The summed E-state index contributed by atoms with van der Waals surface area (Å²) in [7, 11) is 0. The van der Waals surface area contributed by atoms with Crippen LogP contribution in [0, 0.1) is 6.92 Å². The van der Waals surface area contributed by atoms with Gasteiger partial charge in [-0.3, -0.25) is 4.98 Å². The lowest BCUT2D eigenvalue weighted by Gasteiger charge is -2.00. The molecule has 1 aromatic carbocycles. The van der Waals surface area contributed by atoms with Gasteiger partial charge < -0.3 is 5.73 Å². The summed E-state index contributed by atoms with van der Waals surface area (Å²) >= 11 is 0. The Morgan fingerprint density at radius 3 is 2.63 bits per heavy atom. The van der Waals surface area contributed by atoms with Gasteiger partial charge in [0.25, 0.3) is 0 Å². The maximum absolute atomic E-state index is 5.66. The van der Waals surface area contributed by atoms with E-state index in [-0.39, 0.29) is 0 Å². The third-order valence-electron chi connectivity index (χ3n) is 2.79. The molecule has 0 bridgehead atoms. The van der Waals surface area contributed by atoms with Crippen molar-refractivity contribution in [2.75, 3.05) is 5.73 Å². The van der Waals surface area contributed by atoms with E-state index < -0.39 is 0 Å². The van der Waals surface area contributed by atoms with Gasteiger partial charge in [0, 0.05) is 17.4 Å². The van der Waals surface area contributed by atoms with E-state index in [4.69, 9.17) is 5.73 Å². The second-order valence-electron chi connectivity index (χ2n) is 4.36. The van der Waals surface area contributed by atoms with Crippen molar-refractivity contribution >= 4 is 5.69 Å². The third-order valence-corrected chi connectivity index (χ3v) is 2.79. The van der Waals surface area contributed by atoms with Crippen molar-refractivity contribution in [2.24, 2.45) is 0 Å². The Morgan fingerprint density at radius 1 is 1.11 bits per heavy atom. The van der Waals surface area contributed by atoms with Gasteiger partial charge in [-0.1, -0.05) is 0 Å². The first kappa shape index (κ1) is 11.4. The molecule has 0 spiro atoms. The average Bonchev–Trinajstić information content (AvgIpc) is 2.89. The van der Waals surface area contributed by atoms with Crippen LogP contribution in [0.2, 0.25) is 0 Å². The van der Waals surface area contributed by atoms with E-state index >= 15 is 0 Å². The van der Waals surface area contributed by atoms with Crippen molar-refractivity contribution in [1.29, 1.82) is 0 Å². The molecule has 0 aliphatic rings. The number of benzene rings is 1. The molecule has 5 heteroatoms. The highest BCUT2D eigenvalue weighted by molar-refractivity contribution is 5.58. The minimum Gasteiger partial charge on any atom is -0.399 e. The topological polar surface area (TPSA) is 69.6 Å². The van der Waals surface area contributed by atoms with Gasteiger partial charge in [-0.05, 0) is 42.8 Å². The van der Waals surface area contributed by atoms with Crippen LogP contribution < -0.4 is 5.73 Å². The molecule has 3 aromatic rings. The summed E-state index contributed by atoms with van der Waals surface area (Å²) in [5.41, 5.74) is 9.31. The van der Waals surface area contributed by atoms with Crippen LogP contribution in [0.5, 0.6) is 0 Å². The summed E-state index contributed by atoms with van der Waals surface area (Å²) in [5, 5.41) is 4.45. The van der Waals surface area contributed by atoms with Gasteiger partial charge in [0.15, 0.2) is 5.82 Å². The number of nitrogens with two attached hydrogens (primary N) is 1. The molecule has 19 heavy (non-hydrogen) atoms. The first-order valence-corrected chi connectivity index (χ1v) is 5.92. The zero-order chi connectivity index (χ0) is 13.2. The largest absolute Gasteiger partial charge is 0.399 e. The van der Waals surface area contributed by atoms with E-state index in [1.807, 2.05) is 37.3 Å². The molecule has 0 aliphatic heterocycles. The molecule has 94 valence electrons. The Hall–Kier alpha value is -2.69. The monoisotopic (exact) mass is 251 g/mol. The average molecular weight is 251 g/mol. The summed E-state index contributed by atoms with van der Waals surface area (Å²) in [4.78, 5) is 8.45. The van der Waals surface area contributed by atoms with Gasteiger partial charge in [0.2, 0.25) is 0 Å². The van der Waals surface area contributed by atoms with Crippen molar-refractivity contribution in [3.63, 3.8) is 0 Å². The Balaban J connectivity index is 1.97. The van der Waals surface area contributed by atoms with E-state index in [9.17, 15) is 0 Å². The minimum absolute atomic E-state index is 0.668. The van der Waals surface area contributed by atoms with Crippen LogP contribution in [0.25, 0.3) is 17.1 Å². The smallest absolute Gasteiger partial charge is 0.181 e. The van der Waals surface area contributed by atoms with Gasteiger partial charge in [-0.2, -0.15) is 0 Å². The minimum atomic E-state index is 0.668. The summed E-state index contributed by atoms with van der Waals surface area (Å²) in [6, 6.07) is 9.50. The number of aryl methyl sites for hydroxylation is 1. The number of pyridine rings is 1. The summed E-state index contributed by atoms with van der Waals surface area (Å²) in [6.07, 6.45) is 5.25. The molecule has 2 heterocycles. The van der Waals surface area contributed by atoms with E-state index in [1.54, 1.807) is 23.4 Å². The number of nitrogens with zero attached hydrogens (tertiary/aromatic N) is 4. The molecular weight excluding hydrogens is 238 g/mol. The Labute approximate surface area is 110 Å². The van der Waals surface area contributed by atoms with Gasteiger partial charge in [-0.25, -0.2) is 9.67 Å². The molecule has 2 N–H and O–H groups in total. The Bertz CT molecular complexity index is 700. The number of hydrogen-bond acceptors (Lipinski definition) is 4. The quantitative estimate of drug-likeness (QED) is 0.709. The molecule has 0 saturated heterocycles. The van der Waals surface area contributed by atoms with Crippen LogP contribution in [0.1, 0.15) is 5.56 Å². The van der Waals surface area contributed by atoms with Crippen LogP contribution in [-0.4, -0.2) is 19.7 Å². The second-order valence-corrected chi connectivity index (χ2v) is 4.36. The van der Waals surface area contributed by atoms with Crippen LogP contribution in [-0.2, 0) is 0 Å². The van der Waals surface area contributed by atoms with Gasteiger partial charge >= 0.3 is 0 Å². The molecular formula is C14H13N5. The maximum Gasteiger partial charge on any atom is 0.181 e. The van der Waals surface area contributed by atoms with E-state index in [0.717, 1.165) is 22.5 Å². The highest BCUT2D eigenvalue weighted by Crippen LogP contribution is 2.17. The molecule has 0 fully saturated rings. The van der Waals surface area contributed by atoms with Crippen LogP contribution in [0.15, 0.2) is 49.1 Å². The molecule has 0 amide bonds. The molecule has 0 radical (unpaired) electrons. The molecule has 0 aliphatic carbocycles. The number of anilines is 1.